The van der Waals surface area contributed by atoms with Crippen molar-refractivity contribution in [2.75, 3.05) is 12.4 Å². The van der Waals surface area contributed by atoms with Gasteiger partial charge in [-0.1, -0.05) is 34.1 Å². The molecule has 1 aromatic heterocycles. The van der Waals surface area contributed by atoms with E-state index in [0.717, 1.165) is 17.9 Å². The van der Waals surface area contributed by atoms with Gasteiger partial charge in [-0.2, -0.15) is 0 Å². The van der Waals surface area contributed by atoms with Crippen molar-refractivity contribution in [2.45, 2.75) is 58.4 Å². The summed E-state index contributed by atoms with van der Waals surface area (Å²) < 4.78 is 0. The molecule has 1 heterocycles. The second-order valence-corrected chi connectivity index (χ2v) is 7.11. The SMILES string of the molecule is CNc1cc(C(=O)NC2CCCC2C)cc(C(C)(C)C)n1. The molecule has 0 bridgehead atoms. The zero-order valence-electron chi connectivity index (χ0n) is 13.8. The van der Waals surface area contributed by atoms with Crippen LogP contribution in [0.4, 0.5) is 5.82 Å². The van der Waals surface area contributed by atoms with Gasteiger partial charge in [0.15, 0.2) is 0 Å². The second kappa shape index (κ2) is 6.04. The Bertz CT molecular complexity index is 519. The maximum atomic E-state index is 12.5. The predicted octanol–water partition coefficient (Wildman–Crippen LogP) is 3.34. The average Bonchev–Trinajstić information content (AvgIpc) is 2.82. The van der Waals surface area contributed by atoms with Gasteiger partial charge in [0, 0.05) is 29.8 Å². The normalized spacial score (nSPS) is 22.1. The first-order valence-corrected chi connectivity index (χ1v) is 7.82. The number of carbonyl (C=O) groups is 1. The molecular weight excluding hydrogens is 262 g/mol. The maximum Gasteiger partial charge on any atom is 0.251 e. The van der Waals surface area contributed by atoms with E-state index < -0.39 is 0 Å². The number of pyridine rings is 1. The third kappa shape index (κ3) is 3.74. The van der Waals surface area contributed by atoms with E-state index in [1.54, 1.807) is 0 Å². The number of nitrogens with one attached hydrogen (secondary N) is 2. The minimum Gasteiger partial charge on any atom is -0.373 e. The molecule has 1 fully saturated rings. The van der Waals surface area contributed by atoms with Crippen LogP contribution in [0.3, 0.4) is 0 Å². The summed E-state index contributed by atoms with van der Waals surface area (Å²) in [4.78, 5) is 17.1. The highest BCUT2D eigenvalue weighted by Gasteiger charge is 2.26. The van der Waals surface area contributed by atoms with Gasteiger partial charge >= 0.3 is 0 Å². The summed E-state index contributed by atoms with van der Waals surface area (Å²) in [5.74, 6) is 1.33. The first-order valence-electron chi connectivity index (χ1n) is 7.82. The summed E-state index contributed by atoms with van der Waals surface area (Å²) in [5, 5.41) is 6.23. The summed E-state index contributed by atoms with van der Waals surface area (Å²) in [6.45, 7) is 8.53. The summed E-state index contributed by atoms with van der Waals surface area (Å²) in [7, 11) is 1.83. The van der Waals surface area contributed by atoms with Crippen LogP contribution >= 0.6 is 0 Å². The molecule has 2 atom stereocenters. The highest BCUT2D eigenvalue weighted by Crippen LogP contribution is 2.26. The Morgan fingerprint density at radius 3 is 2.52 bits per heavy atom. The van der Waals surface area contributed by atoms with Crippen LogP contribution in [0.2, 0.25) is 0 Å². The van der Waals surface area contributed by atoms with Crippen LogP contribution in [0.5, 0.6) is 0 Å². The van der Waals surface area contributed by atoms with Crippen molar-refractivity contribution in [2.24, 2.45) is 5.92 Å². The fourth-order valence-corrected chi connectivity index (χ4v) is 2.79. The molecule has 1 saturated carbocycles. The molecule has 0 aromatic carbocycles. The first-order chi connectivity index (χ1) is 9.81. The monoisotopic (exact) mass is 289 g/mol. The second-order valence-electron chi connectivity index (χ2n) is 7.11. The van der Waals surface area contributed by atoms with Crippen molar-refractivity contribution in [3.8, 4) is 0 Å². The van der Waals surface area contributed by atoms with Crippen LogP contribution in [-0.4, -0.2) is 24.0 Å². The number of rotatable bonds is 3. The van der Waals surface area contributed by atoms with E-state index in [9.17, 15) is 4.79 Å². The summed E-state index contributed by atoms with van der Waals surface area (Å²) in [6, 6.07) is 4.04. The van der Waals surface area contributed by atoms with E-state index in [4.69, 9.17) is 0 Å². The lowest BCUT2D eigenvalue weighted by molar-refractivity contribution is 0.0929. The number of carbonyl (C=O) groups excluding carboxylic acids is 1. The Morgan fingerprint density at radius 2 is 2.00 bits per heavy atom. The summed E-state index contributed by atoms with van der Waals surface area (Å²) >= 11 is 0. The Morgan fingerprint density at radius 1 is 1.29 bits per heavy atom. The molecule has 1 aliphatic rings. The quantitative estimate of drug-likeness (QED) is 0.897. The van der Waals surface area contributed by atoms with E-state index in [1.165, 1.54) is 12.8 Å². The zero-order chi connectivity index (χ0) is 15.6. The topological polar surface area (TPSA) is 54.0 Å². The van der Waals surface area contributed by atoms with Crippen molar-refractivity contribution in [3.05, 3.63) is 23.4 Å². The van der Waals surface area contributed by atoms with Gasteiger partial charge in [0.1, 0.15) is 5.82 Å². The van der Waals surface area contributed by atoms with Gasteiger partial charge < -0.3 is 10.6 Å². The van der Waals surface area contributed by atoms with Crippen molar-refractivity contribution in [1.82, 2.24) is 10.3 Å². The molecule has 0 spiro atoms. The van der Waals surface area contributed by atoms with Gasteiger partial charge in [0.25, 0.3) is 5.91 Å². The van der Waals surface area contributed by atoms with Gasteiger partial charge in [-0.05, 0) is 30.9 Å². The molecule has 2 N–H and O–H groups in total. The predicted molar refractivity (Wildman–Crippen MR) is 86.8 cm³/mol. The number of anilines is 1. The minimum absolute atomic E-state index is 0.0122. The molecule has 1 aromatic rings. The van der Waals surface area contributed by atoms with Crippen molar-refractivity contribution in [3.63, 3.8) is 0 Å². The lowest BCUT2D eigenvalue weighted by atomic mass is 9.90. The van der Waals surface area contributed by atoms with E-state index in [-0.39, 0.29) is 11.3 Å². The Labute approximate surface area is 127 Å². The number of aromatic nitrogens is 1. The van der Waals surface area contributed by atoms with E-state index in [1.807, 2.05) is 19.2 Å². The smallest absolute Gasteiger partial charge is 0.251 e. The van der Waals surface area contributed by atoms with Gasteiger partial charge in [-0.3, -0.25) is 4.79 Å². The molecular formula is C17H27N3O. The molecule has 1 aliphatic carbocycles. The van der Waals surface area contributed by atoms with Crippen molar-refractivity contribution in [1.29, 1.82) is 0 Å². The number of hydrogen-bond acceptors (Lipinski definition) is 3. The Kier molecular flexibility index (Phi) is 4.55. The first kappa shape index (κ1) is 15.8. The van der Waals surface area contributed by atoms with Crippen LogP contribution < -0.4 is 10.6 Å². The van der Waals surface area contributed by atoms with Gasteiger partial charge in [0.05, 0.1) is 0 Å². The van der Waals surface area contributed by atoms with Gasteiger partial charge in [0.2, 0.25) is 0 Å². The Balaban J connectivity index is 2.23. The average molecular weight is 289 g/mol. The Hall–Kier alpha value is -1.58. The molecule has 4 nitrogen and oxygen atoms in total. The van der Waals surface area contributed by atoms with E-state index in [2.05, 4.69) is 43.3 Å². The third-order valence-electron chi connectivity index (χ3n) is 4.29. The fraction of sp³-hybridized carbons (Fsp3) is 0.647. The molecule has 0 aliphatic heterocycles. The summed E-state index contributed by atoms with van der Waals surface area (Å²) in [5.41, 5.74) is 1.54. The standard InChI is InChI=1S/C17H27N3O/c1-11-7-6-8-13(11)19-16(21)12-9-14(17(2,3)4)20-15(10-12)18-5/h9-11,13H,6-8H2,1-5H3,(H,18,20)(H,19,21). The third-order valence-corrected chi connectivity index (χ3v) is 4.29. The van der Waals surface area contributed by atoms with E-state index >= 15 is 0 Å². The lowest BCUT2D eigenvalue weighted by Gasteiger charge is -2.21. The van der Waals surface area contributed by atoms with Crippen LogP contribution in [0, 0.1) is 5.92 Å². The largest absolute Gasteiger partial charge is 0.373 e. The number of nitrogens with zero attached hydrogens (tertiary/aromatic N) is 1. The minimum atomic E-state index is -0.0808. The molecule has 0 saturated heterocycles. The van der Waals surface area contributed by atoms with Gasteiger partial charge in [-0.15, -0.1) is 0 Å². The van der Waals surface area contributed by atoms with Crippen LogP contribution in [0.1, 0.15) is 63.0 Å². The maximum absolute atomic E-state index is 12.5. The summed E-state index contributed by atoms with van der Waals surface area (Å²) in [6.07, 6.45) is 3.50. The lowest BCUT2D eigenvalue weighted by Crippen LogP contribution is -2.36. The van der Waals surface area contributed by atoms with E-state index in [0.29, 0.717) is 17.5 Å². The molecule has 21 heavy (non-hydrogen) atoms. The van der Waals surface area contributed by atoms with Crippen molar-refractivity contribution < 1.29 is 4.79 Å². The molecule has 2 rings (SSSR count). The van der Waals surface area contributed by atoms with Crippen LogP contribution in [0.15, 0.2) is 12.1 Å². The fourth-order valence-electron chi connectivity index (χ4n) is 2.79. The molecule has 0 radical (unpaired) electrons. The van der Waals surface area contributed by atoms with Gasteiger partial charge in [-0.25, -0.2) is 4.98 Å². The van der Waals surface area contributed by atoms with Crippen LogP contribution in [0.25, 0.3) is 0 Å². The molecule has 4 heteroatoms. The zero-order valence-corrected chi connectivity index (χ0v) is 13.8. The van der Waals surface area contributed by atoms with Crippen LogP contribution in [-0.2, 0) is 5.41 Å². The van der Waals surface area contributed by atoms with Crippen molar-refractivity contribution >= 4 is 11.7 Å². The molecule has 116 valence electrons. The molecule has 1 amide bonds. The molecule has 2 unspecified atom stereocenters. The highest BCUT2D eigenvalue weighted by atomic mass is 16.1. The number of hydrogen-bond donors (Lipinski definition) is 2. The highest BCUT2D eigenvalue weighted by molar-refractivity contribution is 5.95. The number of amides is 1.